The number of H-pyrrole nitrogens is 1. The zero-order valence-electron chi connectivity index (χ0n) is 10.9. The standard InChI is InChI=1S/C12H16N6O/c1-3-14-10-7-13-6-9(17-10)12(19)18(2)8-11-15-4-5-16-11/h4-7H,3,8H2,1-2H3,(H,14,17)(H,15,16). The summed E-state index contributed by atoms with van der Waals surface area (Å²) < 4.78 is 0. The maximum atomic E-state index is 12.2. The number of hydrogen-bond acceptors (Lipinski definition) is 5. The molecule has 2 heterocycles. The number of imidazole rings is 1. The lowest BCUT2D eigenvalue weighted by atomic mass is 10.3. The number of nitrogens with one attached hydrogen (secondary N) is 2. The molecule has 0 aromatic carbocycles. The first-order valence-corrected chi connectivity index (χ1v) is 6.00. The van der Waals surface area contributed by atoms with E-state index < -0.39 is 0 Å². The van der Waals surface area contributed by atoms with Crippen molar-refractivity contribution >= 4 is 11.7 Å². The Morgan fingerprint density at radius 1 is 1.47 bits per heavy atom. The molecule has 100 valence electrons. The van der Waals surface area contributed by atoms with Crippen LogP contribution < -0.4 is 5.32 Å². The van der Waals surface area contributed by atoms with E-state index in [4.69, 9.17) is 0 Å². The minimum Gasteiger partial charge on any atom is -0.369 e. The van der Waals surface area contributed by atoms with Crippen LogP contribution in [0, 0.1) is 0 Å². The molecule has 0 radical (unpaired) electrons. The fourth-order valence-electron chi connectivity index (χ4n) is 1.61. The van der Waals surface area contributed by atoms with Gasteiger partial charge in [-0.1, -0.05) is 0 Å². The Bertz CT molecular complexity index is 539. The van der Waals surface area contributed by atoms with Gasteiger partial charge in [-0.3, -0.25) is 9.78 Å². The van der Waals surface area contributed by atoms with Crippen molar-refractivity contribution in [2.45, 2.75) is 13.5 Å². The number of nitrogens with zero attached hydrogens (tertiary/aromatic N) is 4. The van der Waals surface area contributed by atoms with E-state index in [1.54, 1.807) is 30.5 Å². The third-order valence-corrected chi connectivity index (χ3v) is 2.50. The van der Waals surface area contributed by atoms with E-state index in [2.05, 4.69) is 25.3 Å². The Hall–Kier alpha value is -2.44. The van der Waals surface area contributed by atoms with Crippen molar-refractivity contribution in [3.63, 3.8) is 0 Å². The lowest BCUT2D eigenvalue weighted by molar-refractivity contribution is 0.0775. The highest BCUT2D eigenvalue weighted by atomic mass is 16.2. The van der Waals surface area contributed by atoms with Crippen LogP contribution >= 0.6 is 0 Å². The fraction of sp³-hybridized carbons (Fsp3) is 0.333. The molecule has 7 nitrogen and oxygen atoms in total. The first-order chi connectivity index (χ1) is 9.20. The third kappa shape index (κ3) is 3.27. The highest BCUT2D eigenvalue weighted by Gasteiger charge is 2.15. The molecule has 2 aromatic rings. The maximum Gasteiger partial charge on any atom is 0.274 e. The predicted molar refractivity (Wildman–Crippen MR) is 70.6 cm³/mol. The van der Waals surface area contributed by atoms with Gasteiger partial charge < -0.3 is 15.2 Å². The summed E-state index contributed by atoms with van der Waals surface area (Å²) in [5.41, 5.74) is 0.313. The average molecular weight is 260 g/mol. The number of anilines is 1. The zero-order valence-corrected chi connectivity index (χ0v) is 10.9. The lowest BCUT2D eigenvalue weighted by Crippen LogP contribution is -2.27. The molecule has 0 saturated carbocycles. The molecule has 0 aliphatic heterocycles. The molecule has 1 amide bonds. The largest absolute Gasteiger partial charge is 0.369 e. The Morgan fingerprint density at radius 3 is 3.00 bits per heavy atom. The quantitative estimate of drug-likeness (QED) is 0.834. The number of aromatic nitrogens is 4. The van der Waals surface area contributed by atoms with Crippen LogP contribution in [-0.4, -0.2) is 44.3 Å². The fourth-order valence-corrected chi connectivity index (χ4v) is 1.61. The van der Waals surface area contributed by atoms with Gasteiger partial charge in [0.1, 0.15) is 17.3 Å². The SMILES string of the molecule is CCNc1cncc(C(=O)N(C)Cc2ncc[nH]2)n1. The van der Waals surface area contributed by atoms with Gasteiger partial charge in [0, 0.05) is 26.0 Å². The molecule has 0 spiro atoms. The molecule has 2 aromatic heterocycles. The minimum atomic E-state index is -0.191. The highest BCUT2D eigenvalue weighted by molar-refractivity contribution is 5.92. The van der Waals surface area contributed by atoms with Crippen LogP contribution in [0.2, 0.25) is 0 Å². The first-order valence-electron chi connectivity index (χ1n) is 6.00. The molecule has 0 aliphatic rings. The van der Waals surface area contributed by atoms with E-state index in [0.29, 0.717) is 18.1 Å². The lowest BCUT2D eigenvalue weighted by Gasteiger charge is -2.15. The third-order valence-electron chi connectivity index (χ3n) is 2.50. The number of rotatable bonds is 5. The number of carbonyl (C=O) groups is 1. The van der Waals surface area contributed by atoms with Gasteiger partial charge in [0.2, 0.25) is 0 Å². The summed E-state index contributed by atoms with van der Waals surface area (Å²) in [6.07, 6.45) is 6.42. The van der Waals surface area contributed by atoms with E-state index in [9.17, 15) is 4.79 Å². The summed E-state index contributed by atoms with van der Waals surface area (Å²) in [5.74, 6) is 1.13. The Morgan fingerprint density at radius 2 is 2.32 bits per heavy atom. The van der Waals surface area contributed by atoms with Crippen molar-refractivity contribution in [3.05, 3.63) is 36.3 Å². The summed E-state index contributed by atoms with van der Waals surface area (Å²) in [7, 11) is 1.70. The van der Waals surface area contributed by atoms with Crippen molar-refractivity contribution in [1.29, 1.82) is 0 Å². The van der Waals surface area contributed by atoms with Gasteiger partial charge >= 0.3 is 0 Å². The number of amides is 1. The molecular formula is C12H16N6O. The number of aromatic amines is 1. The van der Waals surface area contributed by atoms with Gasteiger partial charge in [-0.25, -0.2) is 9.97 Å². The molecular weight excluding hydrogens is 244 g/mol. The second-order valence-corrected chi connectivity index (χ2v) is 4.02. The van der Waals surface area contributed by atoms with Crippen LogP contribution in [0.25, 0.3) is 0 Å². The number of hydrogen-bond donors (Lipinski definition) is 2. The summed E-state index contributed by atoms with van der Waals surface area (Å²) >= 11 is 0. The van der Waals surface area contributed by atoms with E-state index in [0.717, 1.165) is 12.4 Å². The summed E-state index contributed by atoms with van der Waals surface area (Å²) in [4.78, 5) is 29.0. The van der Waals surface area contributed by atoms with Gasteiger partial charge in [-0.05, 0) is 6.92 Å². The molecule has 7 heteroatoms. The van der Waals surface area contributed by atoms with Gasteiger partial charge in [0.15, 0.2) is 0 Å². The normalized spacial score (nSPS) is 10.2. The van der Waals surface area contributed by atoms with Gasteiger partial charge in [-0.15, -0.1) is 0 Å². The monoisotopic (exact) mass is 260 g/mol. The molecule has 0 saturated heterocycles. The molecule has 2 rings (SSSR count). The first kappa shape index (κ1) is 13.0. The number of carbonyl (C=O) groups excluding carboxylic acids is 1. The van der Waals surface area contributed by atoms with Crippen molar-refractivity contribution < 1.29 is 4.79 Å². The predicted octanol–water partition coefficient (Wildman–Crippen LogP) is 0.904. The molecule has 0 atom stereocenters. The summed E-state index contributed by atoms with van der Waals surface area (Å²) in [6, 6.07) is 0. The van der Waals surface area contributed by atoms with Gasteiger partial charge in [-0.2, -0.15) is 0 Å². The smallest absolute Gasteiger partial charge is 0.274 e. The Kier molecular flexibility index (Phi) is 4.07. The van der Waals surface area contributed by atoms with Crippen LogP contribution in [0.1, 0.15) is 23.2 Å². The molecule has 2 N–H and O–H groups in total. The van der Waals surface area contributed by atoms with Crippen molar-refractivity contribution in [2.24, 2.45) is 0 Å². The van der Waals surface area contributed by atoms with Crippen LogP contribution in [0.3, 0.4) is 0 Å². The molecule has 0 unspecified atom stereocenters. The second-order valence-electron chi connectivity index (χ2n) is 4.02. The van der Waals surface area contributed by atoms with Crippen LogP contribution in [0.4, 0.5) is 5.82 Å². The van der Waals surface area contributed by atoms with Crippen molar-refractivity contribution in [1.82, 2.24) is 24.8 Å². The Labute approximate surface area is 111 Å². The molecule has 19 heavy (non-hydrogen) atoms. The minimum absolute atomic E-state index is 0.191. The molecule has 0 fully saturated rings. The van der Waals surface area contributed by atoms with Crippen molar-refractivity contribution in [2.75, 3.05) is 18.9 Å². The van der Waals surface area contributed by atoms with Crippen LogP contribution in [0.5, 0.6) is 0 Å². The average Bonchev–Trinajstić information content (AvgIpc) is 2.91. The van der Waals surface area contributed by atoms with E-state index in [1.165, 1.54) is 6.20 Å². The van der Waals surface area contributed by atoms with Crippen LogP contribution in [-0.2, 0) is 6.54 Å². The van der Waals surface area contributed by atoms with E-state index >= 15 is 0 Å². The van der Waals surface area contributed by atoms with Gasteiger partial charge in [0.05, 0.1) is 18.9 Å². The Balaban J connectivity index is 2.08. The zero-order chi connectivity index (χ0) is 13.7. The summed E-state index contributed by atoms with van der Waals surface area (Å²) in [5, 5.41) is 3.02. The van der Waals surface area contributed by atoms with E-state index in [-0.39, 0.29) is 5.91 Å². The van der Waals surface area contributed by atoms with Gasteiger partial charge in [0.25, 0.3) is 5.91 Å². The van der Waals surface area contributed by atoms with Crippen molar-refractivity contribution in [3.8, 4) is 0 Å². The van der Waals surface area contributed by atoms with Crippen LogP contribution in [0.15, 0.2) is 24.8 Å². The summed E-state index contributed by atoms with van der Waals surface area (Å²) in [6.45, 7) is 3.09. The maximum absolute atomic E-state index is 12.2. The molecule has 0 bridgehead atoms. The topological polar surface area (TPSA) is 86.8 Å². The van der Waals surface area contributed by atoms with E-state index in [1.807, 2.05) is 6.92 Å². The second kappa shape index (κ2) is 5.94. The highest BCUT2D eigenvalue weighted by Crippen LogP contribution is 2.06. The molecule has 0 aliphatic carbocycles.